The highest BCUT2D eigenvalue weighted by Crippen LogP contribution is 2.56. The minimum atomic E-state index is -5.68. The summed E-state index contributed by atoms with van der Waals surface area (Å²) in [6, 6.07) is 1.21. The summed E-state index contributed by atoms with van der Waals surface area (Å²) in [6.07, 6.45) is -22.0. The number of aryl methyl sites for hydroxylation is 2. The average Bonchev–Trinajstić information content (AvgIpc) is 1.64. The van der Waals surface area contributed by atoms with Crippen LogP contribution in [0.5, 0.6) is 0 Å². The summed E-state index contributed by atoms with van der Waals surface area (Å²) in [5, 5.41) is 21.2. The lowest BCUT2D eigenvalue weighted by atomic mass is 10.2. The van der Waals surface area contributed by atoms with Gasteiger partial charge in [-0.1, -0.05) is 0 Å². The number of ether oxygens (including phenoxy) is 6. The van der Waals surface area contributed by atoms with Crippen LogP contribution in [-0.2, 0) is 96.5 Å². The number of aliphatic hydroxyl groups is 2. The van der Waals surface area contributed by atoms with Gasteiger partial charge < -0.3 is 86.0 Å². The number of hydrogen-bond acceptors (Lipinski definition) is 42. The second kappa shape index (κ2) is 34.2. The standard InChI is InChI=1S/C59H75N22O35P5/c1-23-11-77(58(89)74-51(23)84)40-6-26(31(13-82)106-40)112-118(93,94)102-17-35-29(9-42(110-35)80-21-67-45-49(80)70-55(62)72-53(45)86)116-121(99,100)105-18-36-30(10-43(111-36)81-22-68-46-50(81)71-56(63)73-54(46)87)115-120(97,98)104-16-34-28(8-41(109-34)78-12-24(2)52(85)75-59(78)90)114-119(95,96)103-15-33-27(7-39(108-33)76-4-3-37(60)69-57(76)88)113-117(91,92)101-14-32-25(83)5-38(107-32)79-20-66-44-47(61)64-19-65-48(44)79/h3-4,11-12,19-22,25-36,38-43,82-83H,5-10,13-18H2,1-2H3,(H,91,92)(H,93,94)(H,95,96)(H,97,98)(H,99,100)(H2,60,69,88)(H2,61,64,65)(H,74,84,89)(H,75,85,90)(H3,62,70,72,86)(H3,63,71,73,87)/t25-,26-,27-,28-,29-,30-,31+,32+,33+,34+,35+,36+,38+,39+,40+,41+,42+,43+/m0/s1. The van der Waals surface area contributed by atoms with Crippen LogP contribution in [0.25, 0.3) is 33.5 Å². The van der Waals surface area contributed by atoms with Gasteiger partial charge in [-0.2, -0.15) is 15.0 Å². The molecule has 6 saturated heterocycles. The summed E-state index contributed by atoms with van der Waals surface area (Å²) in [6.45, 7) is -3.30. The van der Waals surface area contributed by atoms with Crippen LogP contribution in [0.4, 0.5) is 23.5 Å². The van der Waals surface area contributed by atoms with E-state index < -0.39 is 260 Å². The lowest BCUT2D eigenvalue weighted by Crippen LogP contribution is -2.33. The lowest BCUT2D eigenvalue weighted by molar-refractivity contribution is -0.0649. The van der Waals surface area contributed by atoms with E-state index >= 15 is 0 Å². The maximum absolute atomic E-state index is 14.5. The zero-order valence-corrected chi connectivity index (χ0v) is 66.8. The van der Waals surface area contributed by atoms with Crippen LogP contribution in [0.2, 0.25) is 0 Å². The molecule has 62 heteroatoms. The van der Waals surface area contributed by atoms with E-state index in [0.29, 0.717) is 0 Å². The Balaban J connectivity index is 0.637. The molecule has 9 aromatic heterocycles. The zero-order valence-electron chi connectivity index (χ0n) is 62.4. The van der Waals surface area contributed by atoms with E-state index in [0.717, 1.165) is 54.1 Å². The fourth-order valence-electron chi connectivity index (χ4n) is 14.2. The first-order valence-corrected chi connectivity index (χ1v) is 43.6. The first-order valence-electron chi connectivity index (χ1n) is 36.1. The number of fused-ring (bicyclic) bond motifs is 3. The number of aromatic nitrogens is 18. The number of rotatable bonds is 32. The Hall–Kier alpha value is -9.08. The summed E-state index contributed by atoms with van der Waals surface area (Å²) in [5.41, 5.74) is 16.9. The molecule has 656 valence electrons. The first kappa shape index (κ1) is 86.8. The molecule has 0 radical (unpaired) electrons. The molecule has 5 unspecified atom stereocenters. The molecule has 0 aromatic carbocycles. The molecule has 9 aromatic rings. The second-order valence-corrected chi connectivity index (χ2v) is 35.1. The summed E-state index contributed by atoms with van der Waals surface area (Å²) < 4.78 is 168. The number of H-pyrrole nitrogens is 4. The molecule has 19 N–H and O–H groups in total. The summed E-state index contributed by atoms with van der Waals surface area (Å²) >= 11 is 0. The van der Waals surface area contributed by atoms with Crippen LogP contribution < -0.4 is 62.2 Å². The van der Waals surface area contributed by atoms with Gasteiger partial charge >= 0.3 is 56.2 Å². The van der Waals surface area contributed by atoms with E-state index in [1.807, 2.05) is 0 Å². The SMILES string of the molecule is Cc1cn([C@H]2C[C@H](OP(=O)(O)OC[C@H]3O[C@@H](n4cnc5c(=O)[nH]c(N)nc54)C[C@@H]3OP(=O)(O)OC[C@H]3O[C@@H](n4cnc5c(=O)[nH]c(N)nc54)C[C@@H]3OP(=O)(O)OC[C@H]3O[C@@H](n4cc(C)c(=O)[nH]c4=O)C[C@@H]3OP(=O)(O)OC[C@H]3O[C@@H](n4ccc(N)nc4=O)C[C@@H]3OP(=O)(O)OC[C@H]3O[C@@H](n4cnc5c(N)ncnc54)C[C@@H]3O)[C@@H](CO)O2)c(=O)[nH]c1=O. The number of aliphatic hydroxyl groups excluding tert-OH is 2. The molecule has 15 heterocycles. The molecule has 6 aliphatic heterocycles. The van der Waals surface area contributed by atoms with Crippen LogP contribution in [0.1, 0.15) is 87.0 Å². The van der Waals surface area contributed by atoms with E-state index in [9.17, 15) is 91.1 Å². The van der Waals surface area contributed by atoms with Crippen LogP contribution in [0.15, 0.2) is 83.5 Å². The molecule has 15 rings (SSSR count). The fraction of sp³-hybridized carbons (Fsp3) is 0.542. The Labute approximate surface area is 671 Å². The number of nitrogen functional groups attached to an aromatic ring is 4. The van der Waals surface area contributed by atoms with Crippen LogP contribution in [0.3, 0.4) is 0 Å². The average molecular weight is 1810 g/mol. The van der Waals surface area contributed by atoms with Gasteiger partial charge in [-0.25, -0.2) is 62.1 Å². The van der Waals surface area contributed by atoms with Gasteiger partial charge in [0, 0.05) is 68.2 Å². The quantitative estimate of drug-likeness (QED) is 0.0187. The largest absolute Gasteiger partial charge is 0.472 e. The molecule has 57 nitrogen and oxygen atoms in total. The normalized spacial score (nSPS) is 29.5. The predicted octanol–water partition coefficient (Wildman–Crippen LogP) is -3.02. The summed E-state index contributed by atoms with van der Waals surface area (Å²) in [7, 11) is -27.5. The van der Waals surface area contributed by atoms with Gasteiger partial charge in [-0.3, -0.25) is 112 Å². The maximum atomic E-state index is 14.5. The van der Waals surface area contributed by atoms with Gasteiger partial charge in [-0.05, 0) is 19.9 Å². The molecular weight excluding hydrogens is 1730 g/mol. The number of nitrogens with two attached hydrogens (primary N) is 4. The Morgan fingerprint density at radius 2 is 0.760 bits per heavy atom. The van der Waals surface area contributed by atoms with Crippen molar-refractivity contribution >= 4 is 96.1 Å². The number of aromatic amines is 4. The van der Waals surface area contributed by atoms with Crippen LogP contribution >= 0.6 is 39.1 Å². The highest BCUT2D eigenvalue weighted by molar-refractivity contribution is 7.48. The van der Waals surface area contributed by atoms with Crippen molar-refractivity contribution in [2.45, 2.75) is 163 Å². The fourth-order valence-corrected chi connectivity index (χ4v) is 19.0. The van der Waals surface area contributed by atoms with Crippen molar-refractivity contribution in [2.75, 3.05) is 62.6 Å². The topological polar surface area (TPSA) is 794 Å². The Morgan fingerprint density at radius 1 is 0.421 bits per heavy atom. The molecule has 121 heavy (non-hydrogen) atoms. The van der Waals surface area contributed by atoms with Crippen molar-refractivity contribution in [1.82, 2.24) is 87.2 Å². The van der Waals surface area contributed by atoms with Gasteiger partial charge in [0.15, 0.2) is 33.8 Å². The predicted molar refractivity (Wildman–Crippen MR) is 397 cm³/mol. The third-order valence-corrected chi connectivity index (χ3v) is 25.0. The zero-order chi connectivity index (χ0) is 86.3. The van der Waals surface area contributed by atoms with E-state index in [4.69, 9.17) is 96.6 Å². The van der Waals surface area contributed by atoms with E-state index in [2.05, 4.69) is 59.8 Å². The smallest absolute Gasteiger partial charge is 0.394 e. The number of hydrogen-bond donors (Lipinski definition) is 15. The van der Waals surface area contributed by atoms with Crippen LogP contribution in [0, 0.1) is 13.8 Å². The second-order valence-electron chi connectivity index (χ2n) is 28.1. The number of imidazole rings is 3. The van der Waals surface area contributed by atoms with Crippen molar-refractivity contribution in [3.8, 4) is 0 Å². The van der Waals surface area contributed by atoms with Gasteiger partial charge in [-0.15, -0.1) is 0 Å². The van der Waals surface area contributed by atoms with E-state index in [-0.39, 0.29) is 75.0 Å². The molecule has 0 aliphatic carbocycles. The highest BCUT2D eigenvalue weighted by atomic mass is 31.2. The highest BCUT2D eigenvalue weighted by Gasteiger charge is 2.52. The van der Waals surface area contributed by atoms with Crippen molar-refractivity contribution < 1.29 is 131 Å². The number of nitrogens with zero attached hydrogens (tertiary/aromatic N) is 14. The molecule has 6 fully saturated rings. The molecule has 0 amide bonds. The lowest BCUT2D eigenvalue weighted by Gasteiger charge is -2.26. The van der Waals surface area contributed by atoms with Gasteiger partial charge in [0.1, 0.15) is 122 Å². The van der Waals surface area contributed by atoms with E-state index in [1.54, 1.807) is 0 Å². The van der Waals surface area contributed by atoms with Crippen LogP contribution in [-0.4, -0.2) is 235 Å². The first-order chi connectivity index (χ1) is 57.2. The summed E-state index contributed by atoms with van der Waals surface area (Å²) in [5.74, 6) is -0.928. The minimum absolute atomic E-state index is 0.0477. The molecule has 0 bridgehead atoms. The van der Waals surface area contributed by atoms with Crippen molar-refractivity contribution in [2.24, 2.45) is 0 Å². The third kappa shape index (κ3) is 19.2. The molecule has 0 saturated carbocycles. The van der Waals surface area contributed by atoms with Crippen molar-refractivity contribution in [1.29, 1.82) is 0 Å². The van der Waals surface area contributed by atoms with Gasteiger partial charge in [0.25, 0.3) is 22.2 Å². The molecule has 0 spiro atoms. The Morgan fingerprint density at radius 3 is 1.16 bits per heavy atom. The number of phosphoric acid groups is 5. The molecule has 23 atom stereocenters. The minimum Gasteiger partial charge on any atom is -0.394 e. The number of phosphoric ester groups is 5. The third-order valence-electron chi connectivity index (χ3n) is 19.9. The van der Waals surface area contributed by atoms with E-state index in [1.165, 1.54) is 37.1 Å². The monoisotopic (exact) mass is 1810 g/mol. The number of anilines is 4. The maximum Gasteiger partial charge on any atom is 0.472 e. The Bertz CT molecular complexity index is 6140. The molecular formula is C59H75N22O35P5. The Kier molecular flexibility index (Phi) is 24.6. The van der Waals surface area contributed by atoms with Gasteiger partial charge in [0.05, 0.1) is 64.7 Å². The molecule has 6 aliphatic rings. The summed E-state index contributed by atoms with van der Waals surface area (Å²) in [4.78, 5) is 188. The number of nitrogens with one attached hydrogen (secondary N) is 4. The van der Waals surface area contributed by atoms with Crippen molar-refractivity contribution in [3.05, 3.63) is 134 Å². The van der Waals surface area contributed by atoms with Gasteiger partial charge in [0.2, 0.25) is 11.9 Å². The van der Waals surface area contributed by atoms with Crippen molar-refractivity contribution in [3.63, 3.8) is 0 Å².